The fourth-order valence-corrected chi connectivity index (χ4v) is 3.27. The third-order valence-corrected chi connectivity index (χ3v) is 4.71. The first-order valence-corrected chi connectivity index (χ1v) is 9.71. The lowest BCUT2D eigenvalue weighted by Crippen LogP contribution is -1.99. The molecule has 0 saturated heterocycles. The highest BCUT2D eigenvalue weighted by Crippen LogP contribution is 2.27. The fourth-order valence-electron chi connectivity index (χ4n) is 3.04. The van der Waals surface area contributed by atoms with Gasteiger partial charge in [0.2, 0.25) is 0 Å². The quantitative estimate of drug-likeness (QED) is 0.544. The minimum absolute atomic E-state index is 0.0158. The maximum Gasteiger partial charge on any atom is 0.307 e. The van der Waals surface area contributed by atoms with E-state index in [1.54, 1.807) is 19.2 Å². The van der Waals surface area contributed by atoms with Crippen molar-refractivity contribution in [2.75, 3.05) is 13.7 Å². The number of carboxylic acid groups (broad SMARTS) is 1. The molecule has 0 heterocycles. The highest BCUT2D eigenvalue weighted by Gasteiger charge is 2.07. The topological polar surface area (TPSA) is 55.8 Å². The van der Waals surface area contributed by atoms with Crippen molar-refractivity contribution in [2.45, 2.75) is 13.3 Å². The second-order valence-electron chi connectivity index (χ2n) is 6.69. The van der Waals surface area contributed by atoms with Gasteiger partial charge in [0.05, 0.1) is 19.1 Å². The minimum atomic E-state index is -0.857. The van der Waals surface area contributed by atoms with Crippen LogP contribution in [0.4, 0.5) is 0 Å². The van der Waals surface area contributed by atoms with Gasteiger partial charge in [0, 0.05) is 5.02 Å². The maximum atomic E-state index is 11.0. The number of rotatable bonds is 6. The van der Waals surface area contributed by atoms with Crippen LogP contribution >= 0.6 is 11.6 Å². The van der Waals surface area contributed by atoms with Crippen LogP contribution in [0.25, 0.3) is 11.1 Å². The van der Waals surface area contributed by atoms with Crippen LogP contribution in [0.3, 0.4) is 0 Å². The van der Waals surface area contributed by atoms with Gasteiger partial charge in [-0.25, -0.2) is 0 Å². The van der Waals surface area contributed by atoms with Gasteiger partial charge in [-0.05, 0) is 59.5 Å². The number of carbonyl (C=O) groups is 1. The lowest BCUT2D eigenvalue weighted by Gasteiger charge is -2.08. The van der Waals surface area contributed by atoms with E-state index < -0.39 is 5.97 Å². The number of hydrogen-bond acceptors (Lipinski definition) is 3. The van der Waals surface area contributed by atoms with Gasteiger partial charge in [-0.1, -0.05) is 53.8 Å². The lowest BCUT2D eigenvalue weighted by molar-refractivity contribution is -0.136. The predicted octanol–water partition coefficient (Wildman–Crippen LogP) is 5.38. The molecule has 0 amide bonds. The average Bonchev–Trinajstić information content (AvgIpc) is 2.72. The van der Waals surface area contributed by atoms with E-state index in [9.17, 15) is 4.79 Å². The Morgan fingerprint density at radius 1 is 1.03 bits per heavy atom. The van der Waals surface area contributed by atoms with E-state index in [-0.39, 0.29) is 13.0 Å². The van der Waals surface area contributed by atoms with Crippen LogP contribution in [0.2, 0.25) is 5.02 Å². The first-order chi connectivity index (χ1) is 14.5. The molecule has 0 radical (unpaired) electrons. The summed E-state index contributed by atoms with van der Waals surface area (Å²) in [5.74, 6) is 6.67. The SMILES string of the molecule is COc1ccc(-c2cccc(CC(=O)O)c2)cc1C#CCOc1ccc(Cl)cc1C. The predicted molar refractivity (Wildman–Crippen MR) is 118 cm³/mol. The average molecular weight is 421 g/mol. The molecule has 0 aliphatic heterocycles. The van der Waals surface area contributed by atoms with Gasteiger partial charge in [-0.3, -0.25) is 4.79 Å². The zero-order valence-corrected chi connectivity index (χ0v) is 17.5. The number of halogens is 1. The van der Waals surface area contributed by atoms with Crippen LogP contribution < -0.4 is 9.47 Å². The van der Waals surface area contributed by atoms with Gasteiger partial charge >= 0.3 is 5.97 Å². The van der Waals surface area contributed by atoms with Crippen molar-refractivity contribution in [3.63, 3.8) is 0 Å². The zero-order valence-electron chi connectivity index (χ0n) is 16.7. The molecule has 1 N–H and O–H groups in total. The molecule has 0 spiro atoms. The number of hydrogen-bond donors (Lipinski definition) is 1. The molecule has 0 saturated carbocycles. The Morgan fingerprint density at radius 3 is 2.53 bits per heavy atom. The van der Waals surface area contributed by atoms with E-state index in [1.807, 2.05) is 55.5 Å². The van der Waals surface area contributed by atoms with Gasteiger partial charge in [-0.15, -0.1) is 0 Å². The smallest absolute Gasteiger partial charge is 0.307 e. The van der Waals surface area contributed by atoms with E-state index in [1.165, 1.54) is 0 Å². The Labute approximate surface area is 181 Å². The molecule has 3 rings (SSSR count). The van der Waals surface area contributed by atoms with Crippen LogP contribution in [-0.4, -0.2) is 24.8 Å². The summed E-state index contributed by atoms with van der Waals surface area (Å²) in [5, 5.41) is 9.69. The molecule has 4 nitrogen and oxygen atoms in total. The molecular formula is C25H21ClO4. The molecule has 30 heavy (non-hydrogen) atoms. The van der Waals surface area contributed by atoms with E-state index in [0.29, 0.717) is 10.8 Å². The zero-order chi connectivity index (χ0) is 21.5. The monoisotopic (exact) mass is 420 g/mol. The first kappa shape index (κ1) is 21.3. The summed E-state index contributed by atoms with van der Waals surface area (Å²) in [4.78, 5) is 11.0. The van der Waals surface area contributed by atoms with Crippen molar-refractivity contribution < 1.29 is 19.4 Å². The van der Waals surface area contributed by atoms with Crippen molar-refractivity contribution in [2.24, 2.45) is 0 Å². The van der Waals surface area contributed by atoms with Crippen molar-refractivity contribution in [1.29, 1.82) is 0 Å². The molecule has 0 unspecified atom stereocenters. The van der Waals surface area contributed by atoms with Crippen LogP contribution in [0, 0.1) is 18.8 Å². The van der Waals surface area contributed by atoms with Crippen LogP contribution in [0.15, 0.2) is 60.7 Å². The van der Waals surface area contributed by atoms with Gasteiger partial charge in [0.25, 0.3) is 0 Å². The number of benzene rings is 3. The van der Waals surface area contributed by atoms with E-state index in [4.69, 9.17) is 26.2 Å². The van der Waals surface area contributed by atoms with E-state index in [0.717, 1.165) is 33.6 Å². The van der Waals surface area contributed by atoms with Crippen LogP contribution in [0.5, 0.6) is 11.5 Å². The summed E-state index contributed by atoms with van der Waals surface area (Å²) >= 11 is 5.96. The molecule has 0 aliphatic rings. The molecule has 0 aromatic heterocycles. The van der Waals surface area contributed by atoms with Crippen molar-refractivity contribution in [3.8, 4) is 34.5 Å². The summed E-state index contributed by atoms with van der Waals surface area (Å²) < 4.78 is 11.2. The third kappa shape index (κ3) is 5.56. The number of methoxy groups -OCH3 is 1. The van der Waals surface area contributed by atoms with E-state index >= 15 is 0 Å². The summed E-state index contributed by atoms with van der Waals surface area (Å²) in [6.45, 7) is 2.16. The Kier molecular flexibility index (Phi) is 7.00. The summed E-state index contributed by atoms with van der Waals surface area (Å²) in [7, 11) is 1.60. The molecule has 0 fully saturated rings. The summed E-state index contributed by atoms with van der Waals surface area (Å²) in [6, 6.07) is 18.6. The Morgan fingerprint density at radius 2 is 1.80 bits per heavy atom. The molecule has 3 aromatic rings. The van der Waals surface area contributed by atoms with E-state index in [2.05, 4.69) is 11.8 Å². The number of ether oxygens (including phenoxy) is 2. The van der Waals surface area contributed by atoms with Gasteiger partial charge in [-0.2, -0.15) is 0 Å². The molecule has 0 atom stereocenters. The number of aliphatic carboxylic acids is 1. The molecule has 152 valence electrons. The minimum Gasteiger partial charge on any atom is -0.495 e. The summed E-state index contributed by atoms with van der Waals surface area (Å²) in [6.07, 6.45) is -0.0158. The molecule has 0 aliphatic carbocycles. The Balaban J connectivity index is 1.80. The highest BCUT2D eigenvalue weighted by molar-refractivity contribution is 6.30. The van der Waals surface area contributed by atoms with Gasteiger partial charge < -0.3 is 14.6 Å². The number of aryl methyl sites for hydroxylation is 1. The Bertz CT molecular complexity index is 1130. The van der Waals surface area contributed by atoms with Gasteiger partial charge in [0.1, 0.15) is 18.1 Å². The maximum absolute atomic E-state index is 11.0. The molecule has 0 bridgehead atoms. The van der Waals surface area contributed by atoms with Crippen molar-refractivity contribution >= 4 is 17.6 Å². The molecular weight excluding hydrogens is 400 g/mol. The first-order valence-electron chi connectivity index (χ1n) is 9.33. The fraction of sp³-hybridized carbons (Fsp3) is 0.160. The number of carboxylic acids is 1. The lowest BCUT2D eigenvalue weighted by atomic mass is 9.99. The molecule has 5 heteroatoms. The van der Waals surface area contributed by atoms with Crippen LogP contribution in [-0.2, 0) is 11.2 Å². The Hall–Kier alpha value is -3.42. The second-order valence-corrected chi connectivity index (χ2v) is 7.12. The van der Waals surface area contributed by atoms with Crippen molar-refractivity contribution in [3.05, 3.63) is 82.4 Å². The van der Waals surface area contributed by atoms with Gasteiger partial charge in [0.15, 0.2) is 0 Å². The summed E-state index contributed by atoms with van der Waals surface area (Å²) in [5.41, 5.74) is 4.28. The highest BCUT2D eigenvalue weighted by atomic mass is 35.5. The van der Waals surface area contributed by atoms with Crippen molar-refractivity contribution in [1.82, 2.24) is 0 Å². The second kappa shape index (κ2) is 9.87. The normalized spacial score (nSPS) is 10.1. The molecule has 3 aromatic carbocycles. The van der Waals surface area contributed by atoms with Crippen LogP contribution in [0.1, 0.15) is 16.7 Å². The largest absolute Gasteiger partial charge is 0.495 e. The standard InChI is InChI=1S/C25H21ClO4/c1-17-13-22(26)9-11-23(17)30-12-4-7-21-16-20(8-10-24(21)29-2)19-6-3-5-18(14-19)15-25(27)28/h3,5-6,8-11,13-14,16H,12,15H2,1-2H3,(H,27,28). The third-order valence-electron chi connectivity index (χ3n) is 4.48.